The van der Waals surface area contributed by atoms with Crippen molar-refractivity contribution in [3.8, 4) is 5.75 Å². The molecule has 0 bridgehead atoms. The quantitative estimate of drug-likeness (QED) is 0.609. The summed E-state index contributed by atoms with van der Waals surface area (Å²) in [4.78, 5) is 33.2. The lowest BCUT2D eigenvalue weighted by Crippen LogP contribution is -2.65. The zero-order valence-corrected chi connectivity index (χ0v) is 20.7. The Hall–Kier alpha value is -3.14. The van der Waals surface area contributed by atoms with Crippen LogP contribution in [0.4, 0.5) is 4.79 Å². The van der Waals surface area contributed by atoms with Crippen molar-refractivity contribution in [2.45, 2.75) is 63.1 Å². The number of primary amides is 1. The summed E-state index contributed by atoms with van der Waals surface area (Å²) < 4.78 is 11.4. The molecule has 2 aliphatic heterocycles. The van der Waals surface area contributed by atoms with E-state index in [1.54, 1.807) is 12.1 Å². The topological polar surface area (TPSA) is 127 Å². The molecular formula is C26H34N6O4. The number of ether oxygens (including phenoxy) is 2. The van der Waals surface area contributed by atoms with Gasteiger partial charge in [0.05, 0.1) is 25.4 Å². The van der Waals surface area contributed by atoms with E-state index in [4.69, 9.17) is 20.2 Å². The highest BCUT2D eigenvalue weighted by Gasteiger charge is 2.55. The molecule has 1 spiro atoms. The number of amides is 3. The van der Waals surface area contributed by atoms with Crippen LogP contribution < -0.4 is 10.5 Å². The van der Waals surface area contributed by atoms with Gasteiger partial charge >= 0.3 is 6.03 Å². The first kappa shape index (κ1) is 23.3. The predicted molar refractivity (Wildman–Crippen MR) is 131 cm³/mol. The Morgan fingerprint density at radius 2 is 1.86 bits per heavy atom. The molecule has 10 heteroatoms. The maximum atomic E-state index is 13.0. The van der Waals surface area contributed by atoms with Gasteiger partial charge in [0.25, 0.3) is 5.91 Å². The van der Waals surface area contributed by atoms with E-state index in [0.717, 1.165) is 56.0 Å². The number of urea groups is 1. The molecule has 3 amide bonds. The molecule has 2 aliphatic carbocycles. The van der Waals surface area contributed by atoms with Crippen LogP contribution in [0.1, 0.15) is 77.9 Å². The van der Waals surface area contributed by atoms with Crippen molar-refractivity contribution < 1.29 is 19.1 Å². The molecule has 4 aliphatic rings. The number of nitrogens with one attached hydrogen (secondary N) is 1. The fraction of sp³-hybridized carbons (Fsp3) is 0.615. The highest BCUT2D eigenvalue weighted by molar-refractivity contribution is 5.95. The van der Waals surface area contributed by atoms with Crippen molar-refractivity contribution in [3.63, 3.8) is 0 Å². The summed E-state index contributed by atoms with van der Waals surface area (Å²) in [7, 11) is 1.52. The van der Waals surface area contributed by atoms with Crippen molar-refractivity contribution in [1.29, 1.82) is 0 Å². The van der Waals surface area contributed by atoms with Gasteiger partial charge in [-0.2, -0.15) is 5.10 Å². The van der Waals surface area contributed by atoms with Crippen LogP contribution in [0.25, 0.3) is 0 Å². The Morgan fingerprint density at radius 3 is 2.53 bits per heavy atom. The minimum absolute atomic E-state index is 0.105. The number of hydrogen-bond acceptors (Lipinski definition) is 6. The van der Waals surface area contributed by atoms with Gasteiger partial charge in [-0.15, -0.1) is 0 Å². The average Bonchev–Trinajstić information content (AvgIpc) is 3.58. The second-order valence-electron chi connectivity index (χ2n) is 11.0. The van der Waals surface area contributed by atoms with Crippen molar-refractivity contribution in [1.82, 2.24) is 25.0 Å². The largest absolute Gasteiger partial charge is 0.496 e. The minimum atomic E-state index is -0.515. The van der Waals surface area contributed by atoms with Crippen LogP contribution in [0.3, 0.4) is 0 Å². The number of methoxy groups -OCH3 is 1. The number of piperidine rings is 1. The number of aromatic amines is 1. The Labute approximate surface area is 210 Å². The van der Waals surface area contributed by atoms with E-state index in [-0.39, 0.29) is 17.6 Å². The molecule has 0 atom stereocenters. The van der Waals surface area contributed by atoms with Gasteiger partial charge in [0.2, 0.25) is 0 Å². The fourth-order valence-corrected chi connectivity index (χ4v) is 5.99. The molecule has 0 unspecified atom stereocenters. The summed E-state index contributed by atoms with van der Waals surface area (Å²) in [5.41, 5.74) is 6.94. The standard InChI is InChI=1S/C26H34N6O4/c1-35-21-10-16(2-5-20(21)22(27)33)13-36-19-6-8-31(9-7-19)25(34)32-14-26(15-32)11-18(12-26)24-28-23(29-30-24)17-3-4-17/h2,5,10,17-19H,3-4,6-9,11-15H2,1H3,(H2,27,33)(H,28,29,30). The monoisotopic (exact) mass is 494 g/mol. The van der Waals surface area contributed by atoms with Gasteiger partial charge in [-0.05, 0) is 56.2 Å². The van der Waals surface area contributed by atoms with Crippen LogP contribution in [-0.2, 0) is 11.3 Å². The number of nitrogens with zero attached hydrogens (tertiary/aromatic N) is 4. The Morgan fingerprint density at radius 1 is 1.11 bits per heavy atom. The van der Waals surface area contributed by atoms with Gasteiger partial charge < -0.3 is 25.0 Å². The van der Waals surface area contributed by atoms with Crippen LogP contribution in [0.5, 0.6) is 5.75 Å². The maximum absolute atomic E-state index is 13.0. The molecule has 36 heavy (non-hydrogen) atoms. The lowest BCUT2D eigenvalue weighted by molar-refractivity contribution is -0.0610. The molecule has 2 aromatic rings. The number of benzene rings is 1. The van der Waals surface area contributed by atoms with Gasteiger partial charge in [-0.3, -0.25) is 9.89 Å². The first-order valence-electron chi connectivity index (χ1n) is 13.0. The van der Waals surface area contributed by atoms with E-state index in [1.165, 1.54) is 20.0 Å². The SMILES string of the molecule is COc1cc(COC2CCN(C(=O)N3CC4(CC(c5n[nH]c(C6CC6)n5)C4)C3)CC2)ccc1C(N)=O. The summed E-state index contributed by atoms with van der Waals surface area (Å²) in [5, 5.41) is 7.57. The normalized spacial score (nSPS) is 21.8. The molecule has 0 radical (unpaired) electrons. The van der Waals surface area contributed by atoms with E-state index < -0.39 is 5.91 Å². The highest BCUT2D eigenvalue weighted by atomic mass is 16.5. The summed E-state index contributed by atoms with van der Waals surface area (Å²) >= 11 is 0. The van der Waals surface area contributed by atoms with E-state index in [0.29, 0.717) is 42.8 Å². The zero-order chi connectivity index (χ0) is 24.9. The lowest BCUT2D eigenvalue weighted by atomic mass is 9.57. The Bertz CT molecular complexity index is 1140. The van der Waals surface area contributed by atoms with E-state index in [9.17, 15) is 9.59 Å². The molecule has 10 nitrogen and oxygen atoms in total. The predicted octanol–water partition coefficient (Wildman–Crippen LogP) is 2.77. The third-order valence-corrected chi connectivity index (χ3v) is 8.26. The summed E-state index contributed by atoms with van der Waals surface area (Å²) in [6, 6.07) is 5.45. The van der Waals surface area contributed by atoms with Gasteiger partial charge in [-0.25, -0.2) is 9.78 Å². The Balaban J connectivity index is 0.924. The van der Waals surface area contributed by atoms with Crippen molar-refractivity contribution >= 4 is 11.9 Å². The molecule has 192 valence electrons. The van der Waals surface area contributed by atoms with E-state index in [2.05, 4.69) is 10.2 Å². The zero-order valence-electron chi connectivity index (χ0n) is 20.7. The molecule has 2 saturated carbocycles. The summed E-state index contributed by atoms with van der Waals surface area (Å²) in [6.07, 6.45) is 6.36. The van der Waals surface area contributed by atoms with Crippen LogP contribution in [0, 0.1) is 5.41 Å². The summed E-state index contributed by atoms with van der Waals surface area (Å²) in [5.74, 6) is 3.01. The number of likely N-dealkylation sites (tertiary alicyclic amines) is 2. The number of aromatic nitrogens is 3. The van der Waals surface area contributed by atoms with Gasteiger partial charge in [-0.1, -0.05) is 6.07 Å². The fourth-order valence-electron chi connectivity index (χ4n) is 5.99. The van der Waals surface area contributed by atoms with Crippen LogP contribution in [-0.4, -0.2) is 76.3 Å². The number of hydrogen-bond donors (Lipinski definition) is 2. The molecule has 1 aromatic carbocycles. The van der Waals surface area contributed by atoms with Crippen LogP contribution >= 0.6 is 0 Å². The molecule has 4 fully saturated rings. The number of H-pyrrole nitrogens is 1. The molecule has 3 N–H and O–H groups in total. The minimum Gasteiger partial charge on any atom is -0.496 e. The molecule has 3 heterocycles. The number of carbonyl (C=O) groups excluding carboxylic acids is 2. The average molecular weight is 495 g/mol. The second-order valence-corrected chi connectivity index (χ2v) is 11.0. The van der Waals surface area contributed by atoms with Gasteiger partial charge in [0, 0.05) is 43.4 Å². The number of carbonyl (C=O) groups is 2. The first-order valence-corrected chi connectivity index (χ1v) is 13.0. The van der Waals surface area contributed by atoms with Crippen molar-refractivity contribution in [2.75, 3.05) is 33.3 Å². The van der Waals surface area contributed by atoms with Crippen molar-refractivity contribution in [2.24, 2.45) is 11.1 Å². The molecular weight excluding hydrogens is 460 g/mol. The summed E-state index contributed by atoms with van der Waals surface area (Å²) in [6.45, 7) is 3.54. The van der Waals surface area contributed by atoms with Gasteiger partial charge in [0.15, 0.2) is 5.82 Å². The maximum Gasteiger partial charge on any atom is 0.320 e. The lowest BCUT2D eigenvalue weighted by Gasteiger charge is -2.59. The third-order valence-electron chi connectivity index (χ3n) is 8.26. The molecule has 6 rings (SSSR count). The van der Waals surface area contributed by atoms with E-state index >= 15 is 0 Å². The van der Waals surface area contributed by atoms with Crippen LogP contribution in [0.2, 0.25) is 0 Å². The Kier molecular flexibility index (Phi) is 5.86. The number of rotatable bonds is 7. The van der Waals surface area contributed by atoms with Crippen LogP contribution in [0.15, 0.2) is 18.2 Å². The molecule has 2 saturated heterocycles. The third kappa shape index (κ3) is 4.42. The highest BCUT2D eigenvalue weighted by Crippen LogP contribution is 2.55. The second kappa shape index (κ2) is 9.06. The smallest absolute Gasteiger partial charge is 0.320 e. The molecule has 1 aromatic heterocycles. The first-order chi connectivity index (χ1) is 17.4. The van der Waals surface area contributed by atoms with E-state index in [1.807, 2.05) is 15.9 Å². The number of nitrogens with two attached hydrogens (primary N) is 1. The van der Waals surface area contributed by atoms with Gasteiger partial charge in [0.1, 0.15) is 11.6 Å². The van der Waals surface area contributed by atoms with Crippen molar-refractivity contribution in [3.05, 3.63) is 41.0 Å².